The van der Waals surface area contributed by atoms with Crippen molar-refractivity contribution in [2.75, 3.05) is 20.3 Å². The molecule has 1 aliphatic rings. The highest BCUT2D eigenvalue weighted by atomic mass is 16.5. The maximum absolute atomic E-state index is 6.20. The second-order valence-corrected chi connectivity index (χ2v) is 6.23. The van der Waals surface area contributed by atoms with Gasteiger partial charge in [-0.3, -0.25) is 0 Å². The third-order valence-electron chi connectivity index (χ3n) is 4.50. The number of hydrogen-bond donors (Lipinski definition) is 1. The van der Waals surface area contributed by atoms with Gasteiger partial charge >= 0.3 is 0 Å². The molecule has 1 aromatic carbocycles. The van der Waals surface area contributed by atoms with Gasteiger partial charge in [-0.1, -0.05) is 13.0 Å². The molecule has 2 atom stereocenters. The van der Waals surface area contributed by atoms with Crippen molar-refractivity contribution in [3.05, 3.63) is 29.3 Å². The molecule has 0 radical (unpaired) electrons. The fourth-order valence-corrected chi connectivity index (χ4v) is 3.23. The Kier molecular flexibility index (Phi) is 5.65. The molecule has 118 valence electrons. The van der Waals surface area contributed by atoms with Gasteiger partial charge in [-0.25, -0.2) is 0 Å². The molecule has 1 saturated heterocycles. The predicted molar refractivity (Wildman–Crippen MR) is 87.0 cm³/mol. The van der Waals surface area contributed by atoms with Crippen LogP contribution in [0.3, 0.4) is 0 Å². The van der Waals surface area contributed by atoms with E-state index in [2.05, 4.69) is 44.3 Å². The van der Waals surface area contributed by atoms with Gasteiger partial charge in [0, 0.05) is 6.61 Å². The van der Waals surface area contributed by atoms with Crippen LogP contribution in [0.5, 0.6) is 5.75 Å². The van der Waals surface area contributed by atoms with E-state index in [1.807, 2.05) is 0 Å². The third-order valence-corrected chi connectivity index (χ3v) is 4.50. The average Bonchev–Trinajstić information content (AvgIpc) is 2.49. The Morgan fingerprint density at radius 2 is 2.19 bits per heavy atom. The average molecular weight is 291 g/mol. The van der Waals surface area contributed by atoms with Crippen molar-refractivity contribution >= 4 is 0 Å². The zero-order chi connectivity index (χ0) is 15.3. The summed E-state index contributed by atoms with van der Waals surface area (Å²) in [6.45, 7) is 8.49. The number of methoxy groups -OCH3 is 1. The van der Waals surface area contributed by atoms with E-state index in [0.29, 0.717) is 0 Å². The first kappa shape index (κ1) is 16.3. The fraction of sp³-hybridized carbons (Fsp3) is 0.667. The van der Waals surface area contributed by atoms with Crippen LogP contribution in [0.15, 0.2) is 18.2 Å². The summed E-state index contributed by atoms with van der Waals surface area (Å²) in [6, 6.07) is 6.59. The lowest BCUT2D eigenvalue weighted by atomic mass is 9.82. The summed E-state index contributed by atoms with van der Waals surface area (Å²) in [5.41, 5.74) is 2.47. The van der Waals surface area contributed by atoms with Crippen molar-refractivity contribution < 1.29 is 9.47 Å². The lowest BCUT2D eigenvalue weighted by Gasteiger charge is -2.42. The number of nitrogens with one attached hydrogen (secondary N) is 1. The molecule has 0 bridgehead atoms. The van der Waals surface area contributed by atoms with Crippen molar-refractivity contribution in [3.63, 3.8) is 0 Å². The standard InChI is InChI=1S/C18H29NO2/c1-5-11-19-17(18(3)10-6-7-12-21-18)16-9-8-15(20-4)13-14(16)2/h8-9,13,17,19H,5-7,10-12H2,1-4H3. The maximum Gasteiger partial charge on any atom is 0.119 e. The van der Waals surface area contributed by atoms with Crippen molar-refractivity contribution in [1.82, 2.24) is 5.32 Å². The molecule has 0 amide bonds. The van der Waals surface area contributed by atoms with Gasteiger partial charge in [0.2, 0.25) is 0 Å². The summed E-state index contributed by atoms with van der Waals surface area (Å²) >= 11 is 0. The van der Waals surface area contributed by atoms with Crippen LogP contribution in [0.1, 0.15) is 56.7 Å². The highest BCUT2D eigenvalue weighted by molar-refractivity contribution is 5.38. The summed E-state index contributed by atoms with van der Waals surface area (Å²) in [4.78, 5) is 0. The van der Waals surface area contributed by atoms with E-state index in [4.69, 9.17) is 9.47 Å². The maximum atomic E-state index is 6.20. The van der Waals surface area contributed by atoms with Gasteiger partial charge in [0.1, 0.15) is 5.75 Å². The fourth-order valence-electron chi connectivity index (χ4n) is 3.23. The van der Waals surface area contributed by atoms with E-state index in [9.17, 15) is 0 Å². The van der Waals surface area contributed by atoms with Crippen LogP contribution in [0.4, 0.5) is 0 Å². The van der Waals surface area contributed by atoms with Crippen molar-refractivity contribution in [1.29, 1.82) is 0 Å². The van der Waals surface area contributed by atoms with Crippen LogP contribution in [-0.2, 0) is 4.74 Å². The molecule has 0 saturated carbocycles. The first-order chi connectivity index (χ1) is 10.1. The largest absolute Gasteiger partial charge is 0.497 e. The molecule has 1 aromatic rings. The first-order valence-corrected chi connectivity index (χ1v) is 8.12. The molecule has 0 aliphatic carbocycles. The molecule has 3 nitrogen and oxygen atoms in total. The van der Waals surface area contributed by atoms with E-state index in [1.165, 1.54) is 24.0 Å². The summed E-state index contributed by atoms with van der Waals surface area (Å²) in [6.07, 6.45) is 4.66. The third kappa shape index (κ3) is 3.78. The van der Waals surface area contributed by atoms with Gasteiger partial charge in [0.05, 0.1) is 18.8 Å². The van der Waals surface area contributed by atoms with Crippen LogP contribution in [-0.4, -0.2) is 25.9 Å². The minimum Gasteiger partial charge on any atom is -0.497 e. The minimum absolute atomic E-state index is 0.118. The van der Waals surface area contributed by atoms with Crippen molar-refractivity contribution in [3.8, 4) is 5.75 Å². The number of hydrogen-bond acceptors (Lipinski definition) is 3. The molecule has 1 heterocycles. The smallest absolute Gasteiger partial charge is 0.119 e. The zero-order valence-electron chi connectivity index (χ0n) is 13.9. The van der Waals surface area contributed by atoms with Gasteiger partial charge < -0.3 is 14.8 Å². The van der Waals surface area contributed by atoms with E-state index >= 15 is 0 Å². The van der Waals surface area contributed by atoms with Crippen molar-refractivity contribution in [2.45, 2.75) is 58.1 Å². The molecule has 3 heteroatoms. The SMILES string of the molecule is CCCNC(c1ccc(OC)cc1C)C1(C)CCCCO1. The van der Waals surface area contributed by atoms with Crippen LogP contribution in [0.2, 0.25) is 0 Å². The van der Waals surface area contributed by atoms with Gasteiger partial charge in [0.15, 0.2) is 0 Å². The molecule has 0 spiro atoms. The summed E-state index contributed by atoms with van der Waals surface area (Å²) in [5.74, 6) is 0.917. The Hall–Kier alpha value is -1.06. The first-order valence-electron chi connectivity index (χ1n) is 8.12. The number of ether oxygens (including phenoxy) is 2. The molecule has 1 N–H and O–H groups in total. The molecule has 21 heavy (non-hydrogen) atoms. The Balaban J connectivity index is 2.30. The van der Waals surface area contributed by atoms with Gasteiger partial charge in [-0.2, -0.15) is 0 Å². The molecular formula is C18H29NO2. The molecule has 2 rings (SSSR count). The minimum atomic E-state index is -0.118. The summed E-state index contributed by atoms with van der Waals surface area (Å²) in [7, 11) is 1.72. The molecule has 0 aromatic heterocycles. The lowest BCUT2D eigenvalue weighted by Crippen LogP contribution is -2.46. The quantitative estimate of drug-likeness (QED) is 0.859. The lowest BCUT2D eigenvalue weighted by molar-refractivity contribution is -0.0898. The number of benzene rings is 1. The van der Waals surface area contributed by atoms with Gasteiger partial charge in [-0.05, 0) is 69.3 Å². The van der Waals surface area contributed by atoms with Crippen molar-refractivity contribution in [2.24, 2.45) is 0 Å². The molecule has 1 fully saturated rings. The van der Waals surface area contributed by atoms with Crippen LogP contribution >= 0.6 is 0 Å². The second-order valence-electron chi connectivity index (χ2n) is 6.23. The number of rotatable bonds is 6. The normalized spacial score (nSPS) is 23.8. The summed E-state index contributed by atoms with van der Waals surface area (Å²) < 4.78 is 11.5. The van der Waals surface area contributed by atoms with Crippen LogP contribution in [0, 0.1) is 6.92 Å². The molecular weight excluding hydrogens is 262 g/mol. The van der Waals surface area contributed by atoms with Gasteiger partial charge in [-0.15, -0.1) is 0 Å². The molecule has 2 unspecified atom stereocenters. The molecule has 1 aliphatic heterocycles. The van der Waals surface area contributed by atoms with E-state index < -0.39 is 0 Å². The highest BCUT2D eigenvalue weighted by Gasteiger charge is 2.38. The van der Waals surface area contributed by atoms with Crippen LogP contribution in [0.25, 0.3) is 0 Å². The Morgan fingerprint density at radius 1 is 1.38 bits per heavy atom. The Morgan fingerprint density at radius 3 is 2.76 bits per heavy atom. The van der Waals surface area contributed by atoms with Gasteiger partial charge in [0.25, 0.3) is 0 Å². The summed E-state index contributed by atoms with van der Waals surface area (Å²) in [5, 5.41) is 3.71. The van der Waals surface area contributed by atoms with E-state index in [0.717, 1.165) is 31.7 Å². The monoisotopic (exact) mass is 291 g/mol. The van der Waals surface area contributed by atoms with E-state index in [-0.39, 0.29) is 11.6 Å². The second kappa shape index (κ2) is 7.28. The van der Waals surface area contributed by atoms with Crippen LogP contribution < -0.4 is 10.1 Å². The Bertz CT molecular complexity index is 453. The highest BCUT2D eigenvalue weighted by Crippen LogP contribution is 2.38. The Labute approximate surface area is 129 Å². The van der Waals surface area contributed by atoms with E-state index in [1.54, 1.807) is 7.11 Å². The number of aryl methyl sites for hydroxylation is 1. The predicted octanol–water partition coefficient (Wildman–Crippen LogP) is 4.00. The topological polar surface area (TPSA) is 30.5 Å². The zero-order valence-corrected chi connectivity index (χ0v) is 13.9.